The number of phosphoric ester groups is 1. The summed E-state index contributed by atoms with van der Waals surface area (Å²) in [6.45, 7) is -1.15. The Bertz CT molecular complexity index is 332. The first-order valence-electron chi connectivity index (χ1n) is 4.73. The number of hydrogen-bond acceptors (Lipinski definition) is 8. The van der Waals surface area contributed by atoms with Gasteiger partial charge < -0.3 is 40.4 Å². The predicted molar refractivity (Wildman–Crippen MR) is 58.4 cm³/mol. The van der Waals surface area contributed by atoms with Crippen LogP contribution in [0, 0.1) is 0 Å². The fourth-order valence-electron chi connectivity index (χ4n) is 0.506. The summed E-state index contributed by atoms with van der Waals surface area (Å²) in [6.07, 6.45) is -5.78. The van der Waals surface area contributed by atoms with Crippen LogP contribution in [0.3, 0.4) is 0 Å². The van der Waals surface area contributed by atoms with Gasteiger partial charge in [-0.1, -0.05) is 0 Å². The largest absolute Gasteiger partial charge is 0.479 e. The van der Waals surface area contributed by atoms with Gasteiger partial charge in [-0.3, -0.25) is 4.52 Å². The molecule has 0 aromatic heterocycles. The highest BCUT2D eigenvalue weighted by atomic mass is 31.2. The lowest BCUT2D eigenvalue weighted by Gasteiger charge is -2.07. The first kappa shape index (κ1) is 21.2. The number of aliphatic hydroxyl groups is 4. The third-order valence-corrected chi connectivity index (χ3v) is 1.94. The Morgan fingerprint density at radius 3 is 1.55 bits per heavy atom. The molecule has 0 heterocycles. The van der Waals surface area contributed by atoms with Crippen molar-refractivity contribution in [1.82, 2.24) is 0 Å². The van der Waals surface area contributed by atoms with Gasteiger partial charge in [0, 0.05) is 0 Å². The molecule has 0 bridgehead atoms. The molecule has 0 saturated heterocycles. The molecule has 8 N–H and O–H groups in total. The van der Waals surface area contributed by atoms with Gasteiger partial charge >= 0.3 is 19.8 Å². The molecule has 0 aromatic carbocycles. The lowest BCUT2D eigenvalue weighted by Crippen LogP contribution is -2.39. The molecule has 20 heavy (non-hydrogen) atoms. The van der Waals surface area contributed by atoms with Crippen LogP contribution in [-0.4, -0.2) is 83.9 Å². The Balaban J connectivity index is 0. The number of rotatable bonds is 7. The number of carboxylic acid groups (broad SMARTS) is 2. The Labute approximate surface area is 111 Å². The van der Waals surface area contributed by atoms with Crippen molar-refractivity contribution in [3.8, 4) is 0 Å². The first-order chi connectivity index (χ1) is 8.92. The lowest BCUT2D eigenvalue weighted by atomic mass is 10.2. The van der Waals surface area contributed by atoms with E-state index in [4.69, 9.17) is 40.4 Å². The van der Waals surface area contributed by atoms with E-state index in [0.29, 0.717) is 0 Å². The number of carbonyl (C=O) groups is 2. The van der Waals surface area contributed by atoms with Crippen LogP contribution < -0.4 is 0 Å². The number of aliphatic carboxylic acids is 2. The topological polar surface area (TPSA) is 222 Å². The number of carboxylic acids is 2. The standard InChI is InChI=1S/C4H6O6.C3H9O6P/c5-1(3(7)8)2(6)4(9)10;4-1-3(5)2-9-10(6,7)8/h1-2,5-6H,(H,7,8)(H,9,10);3-5H,1-2H2,(H2,6,7,8). The van der Waals surface area contributed by atoms with Crippen LogP contribution in [0.2, 0.25) is 0 Å². The molecule has 120 valence electrons. The average molecular weight is 322 g/mol. The second-order valence-electron chi connectivity index (χ2n) is 3.19. The van der Waals surface area contributed by atoms with Crippen LogP contribution in [0.5, 0.6) is 0 Å². The van der Waals surface area contributed by atoms with Crippen molar-refractivity contribution < 1.29 is 59.1 Å². The summed E-state index contributed by atoms with van der Waals surface area (Å²) in [5.74, 6) is -3.54. The van der Waals surface area contributed by atoms with Crippen molar-refractivity contribution in [1.29, 1.82) is 0 Å². The Kier molecular flexibility index (Phi) is 10.3. The van der Waals surface area contributed by atoms with Crippen molar-refractivity contribution >= 4 is 19.8 Å². The molecular formula is C7H15O12P. The van der Waals surface area contributed by atoms with Gasteiger partial charge in [-0.2, -0.15) is 0 Å². The maximum Gasteiger partial charge on any atom is 0.469 e. The first-order valence-corrected chi connectivity index (χ1v) is 6.26. The van der Waals surface area contributed by atoms with E-state index < -0.39 is 51.3 Å². The minimum Gasteiger partial charge on any atom is -0.479 e. The molecule has 12 nitrogen and oxygen atoms in total. The summed E-state index contributed by atoms with van der Waals surface area (Å²) in [6, 6.07) is 0. The van der Waals surface area contributed by atoms with Crippen LogP contribution in [-0.2, 0) is 18.7 Å². The van der Waals surface area contributed by atoms with Crippen molar-refractivity contribution in [2.45, 2.75) is 18.3 Å². The molecule has 0 aromatic rings. The Morgan fingerprint density at radius 1 is 1.00 bits per heavy atom. The van der Waals surface area contributed by atoms with Crippen molar-refractivity contribution in [3.05, 3.63) is 0 Å². The van der Waals surface area contributed by atoms with Crippen LogP contribution in [0.1, 0.15) is 0 Å². The molecule has 0 spiro atoms. The normalized spacial score (nSPS) is 15.5. The van der Waals surface area contributed by atoms with Gasteiger partial charge in [0.15, 0.2) is 12.2 Å². The maximum atomic E-state index is 9.93. The van der Waals surface area contributed by atoms with Gasteiger partial charge in [0.25, 0.3) is 0 Å². The molecule has 0 radical (unpaired) electrons. The summed E-state index contributed by atoms with van der Waals surface area (Å²) in [4.78, 5) is 35.7. The van der Waals surface area contributed by atoms with Crippen LogP contribution in [0.25, 0.3) is 0 Å². The zero-order valence-electron chi connectivity index (χ0n) is 9.80. The second-order valence-corrected chi connectivity index (χ2v) is 4.43. The maximum absolute atomic E-state index is 9.93. The van der Waals surface area contributed by atoms with Crippen molar-refractivity contribution in [2.75, 3.05) is 13.2 Å². The molecule has 0 fully saturated rings. The number of phosphoric acid groups is 1. The third kappa shape index (κ3) is 12.0. The molecule has 0 aliphatic carbocycles. The lowest BCUT2D eigenvalue weighted by molar-refractivity contribution is -0.165. The highest BCUT2D eigenvalue weighted by Gasteiger charge is 2.29. The summed E-state index contributed by atoms with van der Waals surface area (Å²) >= 11 is 0. The van der Waals surface area contributed by atoms with E-state index in [1.807, 2.05) is 0 Å². The quantitative estimate of drug-likeness (QED) is 0.212. The average Bonchev–Trinajstić information content (AvgIpc) is 2.33. The van der Waals surface area contributed by atoms with Gasteiger partial charge in [-0.15, -0.1) is 0 Å². The Morgan fingerprint density at radius 2 is 1.35 bits per heavy atom. The van der Waals surface area contributed by atoms with Gasteiger partial charge in [0.1, 0.15) is 6.10 Å². The fourth-order valence-corrected chi connectivity index (χ4v) is 0.872. The number of hydrogen-bond donors (Lipinski definition) is 8. The molecule has 0 amide bonds. The summed E-state index contributed by atoms with van der Waals surface area (Å²) in [7, 11) is -4.50. The SMILES string of the molecule is O=C(O)C(O)C(O)C(=O)O.O=P(O)(O)OCC(O)CO. The van der Waals surface area contributed by atoms with Gasteiger partial charge in [0.2, 0.25) is 0 Å². The Hall–Kier alpha value is -1.11. The van der Waals surface area contributed by atoms with Crippen LogP contribution in [0.15, 0.2) is 0 Å². The summed E-state index contributed by atoms with van der Waals surface area (Å²) < 4.78 is 13.8. The van der Waals surface area contributed by atoms with E-state index in [1.54, 1.807) is 0 Å². The molecule has 0 aliphatic rings. The highest BCUT2D eigenvalue weighted by Crippen LogP contribution is 2.35. The van der Waals surface area contributed by atoms with Gasteiger partial charge in [-0.25, -0.2) is 14.2 Å². The molecule has 3 atom stereocenters. The molecule has 13 heteroatoms. The number of aliphatic hydroxyl groups excluding tert-OH is 4. The zero-order valence-corrected chi connectivity index (χ0v) is 10.7. The third-order valence-electron chi connectivity index (χ3n) is 1.45. The summed E-state index contributed by atoms with van der Waals surface area (Å²) in [5.41, 5.74) is 0. The second kappa shape index (κ2) is 9.74. The molecule has 0 aliphatic heterocycles. The van der Waals surface area contributed by atoms with Gasteiger partial charge in [0.05, 0.1) is 13.2 Å². The molecule has 3 unspecified atom stereocenters. The van der Waals surface area contributed by atoms with Crippen LogP contribution in [0.4, 0.5) is 0 Å². The van der Waals surface area contributed by atoms with Crippen molar-refractivity contribution in [3.63, 3.8) is 0 Å². The molecular weight excluding hydrogens is 307 g/mol. The van der Waals surface area contributed by atoms with E-state index >= 15 is 0 Å². The van der Waals surface area contributed by atoms with Crippen LogP contribution >= 0.6 is 7.82 Å². The van der Waals surface area contributed by atoms with Gasteiger partial charge in [-0.05, 0) is 0 Å². The molecule has 0 rings (SSSR count). The molecule has 0 saturated carbocycles. The van der Waals surface area contributed by atoms with E-state index in [9.17, 15) is 14.2 Å². The smallest absolute Gasteiger partial charge is 0.469 e. The van der Waals surface area contributed by atoms with E-state index in [-0.39, 0.29) is 0 Å². The monoisotopic (exact) mass is 322 g/mol. The highest BCUT2D eigenvalue weighted by molar-refractivity contribution is 7.46. The van der Waals surface area contributed by atoms with E-state index in [1.165, 1.54) is 0 Å². The van der Waals surface area contributed by atoms with E-state index in [0.717, 1.165) is 0 Å². The van der Waals surface area contributed by atoms with Crippen molar-refractivity contribution in [2.24, 2.45) is 0 Å². The zero-order chi connectivity index (χ0) is 16.5. The van der Waals surface area contributed by atoms with E-state index in [2.05, 4.69) is 4.52 Å². The minimum atomic E-state index is -4.50. The minimum absolute atomic E-state index is 0.569. The summed E-state index contributed by atoms with van der Waals surface area (Å²) in [5, 5.41) is 49.2. The predicted octanol–water partition coefficient (Wildman–Crippen LogP) is -3.67. The fraction of sp³-hybridized carbons (Fsp3) is 0.714.